The first-order valence-electron chi connectivity index (χ1n) is 7.03. The van der Waals surface area contributed by atoms with Gasteiger partial charge in [-0.2, -0.15) is 0 Å². The van der Waals surface area contributed by atoms with E-state index in [2.05, 4.69) is 29.7 Å². The number of benzene rings is 1. The number of aromatic nitrogens is 2. The summed E-state index contributed by atoms with van der Waals surface area (Å²) in [6.07, 6.45) is 3.34. The van der Waals surface area contributed by atoms with Gasteiger partial charge in [-0.3, -0.25) is 0 Å². The molecule has 2 aliphatic rings. The molecule has 2 aromatic rings. The standard InChI is InChI=1S/C15H19N3O/c1-10-2-5-13-12(8-10)17-14(18(13)11-3-4-11)15(16)6-7-19-9-15/h2,5,8,11H,3-4,6-7,9,16H2,1H3. The van der Waals surface area contributed by atoms with Gasteiger partial charge in [0.2, 0.25) is 0 Å². The predicted molar refractivity (Wildman–Crippen MR) is 74.0 cm³/mol. The van der Waals surface area contributed by atoms with Crippen LogP contribution in [0.15, 0.2) is 18.2 Å². The molecular weight excluding hydrogens is 238 g/mol. The molecule has 2 N–H and O–H groups in total. The lowest BCUT2D eigenvalue weighted by Crippen LogP contribution is -2.40. The molecular formula is C15H19N3O. The van der Waals surface area contributed by atoms with Crippen LogP contribution < -0.4 is 5.73 Å². The minimum Gasteiger partial charge on any atom is -0.379 e. The maximum absolute atomic E-state index is 6.54. The molecule has 1 aromatic carbocycles. The molecule has 2 heterocycles. The molecule has 1 atom stereocenters. The maximum Gasteiger partial charge on any atom is 0.132 e. The van der Waals surface area contributed by atoms with Crippen molar-refractivity contribution in [2.75, 3.05) is 13.2 Å². The van der Waals surface area contributed by atoms with Crippen LogP contribution in [-0.2, 0) is 10.3 Å². The lowest BCUT2D eigenvalue weighted by atomic mass is 9.99. The molecule has 1 aliphatic carbocycles. The van der Waals surface area contributed by atoms with Crippen LogP contribution in [0.25, 0.3) is 11.0 Å². The highest BCUT2D eigenvalue weighted by Gasteiger charge is 2.40. The highest BCUT2D eigenvalue weighted by Crippen LogP contribution is 2.42. The molecule has 1 unspecified atom stereocenters. The summed E-state index contributed by atoms with van der Waals surface area (Å²) in [5, 5.41) is 0. The molecule has 0 bridgehead atoms. The van der Waals surface area contributed by atoms with Crippen molar-refractivity contribution in [3.8, 4) is 0 Å². The monoisotopic (exact) mass is 257 g/mol. The second-order valence-corrected chi connectivity index (χ2v) is 5.99. The summed E-state index contributed by atoms with van der Waals surface area (Å²) in [7, 11) is 0. The van der Waals surface area contributed by atoms with Crippen LogP contribution in [0.5, 0.6) is 0 Å². The Morgan fingerprint density at radius 1 is 1.42 bits per heavy atom. The average molecular weight is 257 g/mol. The second-order valence-electron chi connectivity index (χ2n) is 5.99. The van der Waals surface area contributed by atoms with Crippen molar-refractivity contribution >= 4 is 11.0 Å². The molecule has 4 rings (SSSR count). The number of imidazole rings is 1. The van der Waals surface area contributed by atoms with Crippen LogP contribution in [0.3, 0.4) is 0 Å². The van der Waals surface area contributed by atoms with Crippen molar-refractivity contribution in [1.29, 1.82) is 0 Å². The fourth-order valence-electron chi connectivity index (χ4n) is 3.02. The smallest absolute Gasteiger partial charge is 0.132 e. The Bertz CT molecular complexity index is 636. The van der Waals surface area contributed by atoms with Crippen molar-refractivity contribution in [2.45, 2.75) is 37.8 Å². The van der Waals surface area contributed by atoms with Gasteiger partial charge >= 0.3 is 0 Å². The molecule has 100 valence electrons. The molecule has 1 saturated heterocycles. The van der Waals surface area contributed by atoms with Gasteiger partial charge in [-0.25, -0.2) is 4.98 Å². The molecule has 19 heavy (non-hydrogen) atoms. The number of rotatable bonds is 2. The number of hydrogen-bond acceptors (Lipinski definition) is 3. The Kier molecular flexibility index (Phi) is 2.29. The number of fused-ring (bicyclic) bond motifs is 1. The van der Waals surface area contributed by atoms with E-state index in [1.165, 1.54) is 23.9 Å². The zero-order chi connectivity index (χ0) is 13.0. The van der Waals surface area contributed by atoms with Crippen LogP contribution in [0.1, 0.15) is 36.7 Å². The van der Waals surface area contributed by atoms with Gasteiger partial charge in [0, 0.05) is 12.6 Å². The highest BCUT2D eigenvalue weighted by atomic mass is 16.5. The largest absolute Gasteiger partial charge is 0.379 e. The summed E-state index contributed by atoms with van der Waals surface area (Å²) in [5.74, 6) is 1.02. The third-order valence-electron chi connectivity index (χ3n) is 4.25. The molecule has 1 saturated carbocycles. The van der Waals surface area contributed by atoms with E-state index in [0.717, 1.165) is 24.4 Å². The molecule has 0 amide bonds. The van der Waals surface area contributed by atoms with Gasteiger partial charge < -0.3 is 15.0 Å². The number of hydrogen-bond donors (Lipinski definition) is 1. The quantitative estimate of drug-likeness (QED) is 0.897. The average Bonchev–Trinajstić information content (AvgIpc) is 3.01. The van der Waals surface area contributed by atoms with E-state index in [-0.39, 0.29) is 0 Å². The van der Waals surface area contributed by atoms with Crippen molar-refractivity contribution < 1.29 is 4.74 Å². The van der Waals surface area contributed by atoms with E-state index in [4.69, 9.17) is 15.5 Å². The minimum absolute atomic E-state index is 0.407. The van der Waals surface area contributed by atoms with Crippen LogP contribution in [0.2, 0.25) is 0 Å². The molecule has 2 fully saturated rings. The molecule has 1 aromatic heterocycles. The van der Waals surface area contributed by atoms with Crippen molar-refractivity contribution in [2.24, 2.45) is 5.73 Å². The molecule has 4 heteroatoms. The first-order chi connectivity index (χ1) is 9.17. The maximum atomic E-state index is 6.54. The van der Waals surface area contributed by atoms with Gasteiger partial charge in [-0.05, 0) is 43.9 Å². The van der Waals surface area contributed by atoms with Gasteiger partial charge in [-0.1, -0.05) is 6.07 Å². The van der Waals surface area contributed by atoms with E-state index in [0.29, 0.717) is 12.6 Å². The molecule has 0 radical (unpaired) electrons. The van der Waals surface area contributed by atoms with E-state index in [1.807, 2.05) is 0 Å². The lowest BCUT2D eigenvalue weighted by Gasteiger charge is -2.22. The number of nitrogens with two attached hydrogens (primary N) is 1. The predicted octanol–water partition coefficient (Wildman–Crippen LogP) is 2.25. The van der Waals surface area contributed by atoms with E-state index in [9.17, 15) is 0 Å². The summed E-state index contributed by atoms with van der Waals surface area (Å²) in [6, 6.07) is 7.07. The van der Waals surface area contributed by atoms with Gasteiger partial charge in [0.15, 0.2) is 0 Å². The van der Waals surface area contributed by atoms with E-state index < -0.39 is 5.54 Å². The summed E-state index contributed by atoms with van der Waals surface area (Å²) in [4.78, 5) is 4.85. The van der Waals surface area contributed by atoms with Crippen LogP contribution in [-0.4, -0.2) is 22.8 Å². The molecule has 4 nitrogen and oxygen atoms in total. The zero-order valence-electron chi connectivity index (χ0n) is 11.2. The number of ether oxygens (including phenoxy) is 1. The van der Waals surface area contributed by atoms with Crippen molar-refractivity contribution in [3.63, 3.8) is 0 Å². The zero-order valence-corrected chi connectivity index (χ0v) is 11.2. The van der Waals surface area contributed by atoms with Gasteiger partial charge in [0.1, 0.15) is 11.4 Å². The normalized spacial score (nSPS) is 27.3. The first-order valence-corrected chi connectivity index (χ1v) is 7.03. The van der Waals surface area contributed by atoms with Gasteiger partial charge in [0.25, 0.3) is 0 Å². The van der Waals surface area contributed by atoms with E-state index >= 15 is 0 Å². The van der Waals surface area contributed by atoms with Gasteiger partial charge in [-0.15, -0.1) is 0 Å². The SMILES string of the molecule is Cc1ccc2c(c1)nc(C1(N)CCOC1)n2C1CC1. The Morgan fingerprint density at radius 2 is 2.26 bits per heavy atom. The topological polar surface area (TPSA) is 53.1 Å². The fraction of sp³-hybridized carbons (Fsp3) is 0.533. The van der Waals surface area contributed by atoms with Crippen molar-refractivity contribution in [3.05, 3.63) is 29.6 Å². The van der Waals surface area contributed by atoms with Crippen LogP contribution in [0, 0.1) is 6.92 Å². The van der Waals surface area contributed by atoms with Crippen LogP contribution in [0.4, 0.5) is 0 Å². The van der Waals surface area contributed by atoms with E-state index in [1.54, 1.807) is 0 Å². The fourth-order valence-corrected chi connectivity index (χ4v) is 3.02. The Morgan fingerprint density at radius 3 is 2.95 bits per heavy atom. The van der Waals surface area contributed by atoms with Crippen LogP contribution >= 0.6 is 0 Å². The molecule has 0 spiro atoms. The van der Waals surface area contributed by atoms with Crippen molar-refractivity contribution in [1.82, 2.24) is 9.55 Å². The highest BCUT2D eigenvalue weighted by molar-refractivity contribution is 5.77. The Hall–Kier alpha value is -1.39. The summed E-state index contributed by atoms with van der Waals surface area (Å²) >= 11 is 0. The first kappa shape index (κ1) is 11.4. The minimum atomic E-state index is -0.407. The third kappa shape index (κ3) is 1.70. The number of aryl methyl sites for hydroxylation is 1. The summed E-state index contributed by atoms with van der Waals surface area (Å²) < 4.78 is 7.88. The lowest BCUT2D eigenvalue weighted by molar-refractivity contribution is 0.175. The molecule has 1 aliphatic heterocycles. The Balaban J connectivity index is 1.96. The number of nitrogens with zero attached hydrogens (tertiary/aromatic N) is 2. The summed E-state index contributed by atoms with van der Waals surface area (Å²) in [6.45, 7) is 3.43. The van der Waals surface area contributed by atoms with Gasteiger partial charge in [0.05, 0.1) is 17.6 Å². The Labute approximate surface area is 112 Å². The third-order valence-corrected chi connectivity index (χ3v) is 4.25. The second kappa shape index (κ2) is 3.81. The summed E-state index contributed by atoms with van der Waals surface area (Å²) in [5.41, 5.74) is 9.67.